The number of benzene rings is 2. The maximum Gasteiger partial charge on any atom is 0.270 e. The van der Waals surface area contributed by atoms with E-state index in [-0.39, 0.29) is 11.5 Å². The van der Waals surface area contributed by atoms with E-state index in [9.17, 15) is 9.90 Å². The van der Waals surface area contributed by atoms with E-state index in [0.29, 0.717) is 12.1 Å². The van der Waals surface area contributed by atoms with E-state index in [0.717, 1.165) is 16.7 Å². The smallest absolute Gasteiger partial charge is 0.270 e. The zero-order valence-electron chi connectivity index (χ0n) is 15.9. The lowest BCUT2D eigenvalue weighted by molar-refractivity contribution is 0.137. The lowest BCUT2D eigenvalue weighted by Gasteiger charge is -2.11. The van der Waals surface area contributed by atoms with Crippen molar-refractivity contribution in [2.75, 3.05) is 0 Å². The highest BCUT2D eigenvalue weighted by Crippen LogP contribution is 2.19. The lowest BCUT2D eigenvalue weighted by atomic mass is 10.0. The number of nitrogens with one attached hydrogen (secondary N) is 2. The van der Waals surface area contributed by atoms with Gasteiger partial charge in [0, 0.05) is 18.3 Å². The van der Waals surface area contributed by atoms with Crippen LogP contribution in [0.15, 0.2) is 78.0 Å². The van der Waals surface area contributed by atoms with Crippen molar-refractivity contribution in [2.24, 2.45) is 0 Å². The summed E-state index contributed by atoms with van der Waals surface area (Å²) in [6.07, 6.45) is 3.27. The molecule has 0 radical (unpaired) electrons. The van der Waals surface area contributed by atoms with Crippen LogP contribution < -0.4 is 10.9 Å². The minimum absolute atomic E-state index is 0.0777. The molecule has 0 amide bonds. The molecule has 0 fully saturated rings. The second-order valence-corrected chi connectivity index (χ2v) is 6.63. The van der Waals surface area contributed by atoms with E-state index < -0.39 is 11.8 Å². The zero-order chi connectivity index (χ0) is 20.9. The second kappa shape index (κ2) is 8.53. The summed E-state index contributed by atoms with van der Waals surface area (Å²) in [5, 5.41) is 26.4. The molecule has 0 aliphatic rings. The largest absolute Gasteiger partial charge is 0.374 e. The molecule has 1 unspecified atom stereocenters. The van der Waals surface area contributed by atoms with Crippen LogP contribution in [0.3, 0.4) is 0 Å². The summed E-state index contributed by atoms with van der Waals surface area (Å²) in [6.45, 7) is 0.466. The van der Waals surface area contributed by atoms with Gasteiger partial charge in [0.15, 0.2) is 0 Å². The van der Waals surface area contributed by atoms with E-state index in [1.165, 1.54) is 17.1 Å². The number of hydrogen-bond acceptors (Lipinski definition) is 6. The Bertz CT molecular complexity index is 1240. The number of H-pyrrole nitrogens is 1. The highest BCUT2D eigenvalue weighted by atomic mass is 16.3. The molecule has 148 valence electrons. The van der Waals surface area contributed by atoms with Gasteiger partial charge in [-0.2, -0.15) is 10.4 Å². The number of aromatic nitrogens is 4. The SMILES string of the molecule is N#Cc1cnc(-n2cc(C(O)NCc3ccc(-c4ccccc4)cc3)cn2)[nH]c1=O. The predicted octanol–water partition coefficient (Wildman–Crippen LogP) is 2.27. The molecule has 0 aliphatic carbocycles. The molecule has 4 aromatic rings. The highest BCUT2D eigenvalue weighted by molar-refractivity contribution is 5.63. The molecular weight excluding hydrogens is 380 g/mol. The van der Waals surface area contributed by atoms with Gasteiger partial charge < -0.3 is 5.11 Å². The minimum atomic E-state index is -0.947. The Hall–Kier alpha value is -4.06. The fraction of sp³-hybridized carbons (Fsp3) is 0.0909. The maximum atomic E-state index is 11.7. The van der Waals surface area contributed by atoms with Gasteiger partial charge in [0.1, 0.15) is 17.9 Å². The summed E-state index contributed by atoms with van der Waals surface area (Å²) in [4.78, 5) is 18.2. The number of rotatable bonds is 6. The fourth-order valence-electron chi connectivity index (χ4n) is 2.95. The molecule has 30 heavy (non-hydrogen) atoms. The molecule has 0 aliphatic heterocycles. The van der Waals surface area contributed by atoms with Crippen LogP contribution in [0.2, 0.25) is 0 Å². The summed E-state index contributed by atoms with van der Waals surface area (Å²) in [5.74, 6) is 0.161. The quantitative estimate of drug-likeness (QED) is 0.429. The summed E-state index contributed by atoms with van der Waals surface area (Å²) < 4.78 is 1.33. The Morgan fingerprint density at radius 1 is 1.10 bits per heavy atom. The molecular formula is C22H18N6O2. The van der Waals surface area contributed by atoms with Gasteiger partial charge in [-0.1, -0.05) is 54.6 Å². The van der Waals surface area contributed by atoms with Crippen LogP contribution in [0, 0.1) is 11.3 Å². The van der Waals surface area contributed by atoms with Crippen LogP contribution in [0.25, 0.3) is 17.1 Å². The van der Waals surface area contributed by atoms with Crippen molar-refractivity contribution in [1.29, 1.82) is 5.26 Å². The molecule has 0 saturated carbocycles. The summed E-state index contributed by atoms with van der Waals surface area (Å²) >= 11 is 0. The third-order valence-corrected chi connectivity index (χ3v) is 4.60. The van der Waals surface area contributed by atoms with Crippen molar-refractivity contribution in [3.63, 3.8) is 0 Å². The standard InChI is InChI=1S/C22H18N6O2/c23-10-18-12-25-22(27-21(18)30)28-14-19(13-26-28)20(29)24-11-15-6-8-17(9-7-15)16-4-2-1-3-5-16/h1-9,12-14,20,24,29H,11H2,(H,25,27,30). The lowest BCUT2D eigenvalue weighted by Crippen LogP contribution is -2.20. The van der Waals surface area contributed by atoms with E-state index in [2.05, 4.69) is 32.5 Å². The highest BCUT2D eigenvalue weighted by Gasteiger charge is 2.12. The van der Waals surface area contributed by atoms with Gasteiger partial charge in [0.25, 0.3) is 5.56 Å². The molecule has 2 heterocycles. The second-order valence-electron chi connectivity index (χ2n) is 6.63. The van der Waals surface area contributed by atoms with Gasteiger partial charge in [-0.05, 0) is 16.7 Å². The molecule has 1 atom stereocenters. The van der Waals surface area contributed by atoms with E-state index >= 15 is 0 Å². The molecule has 2 aromatic carbocycles. The van der Waals surface area contributed by atoms with E-state index in [4.69, 9.17) is 5.26 Å². The first-order chi connectivity index (χ1) is 14.6. The molecule has 2 aromatic heterocycles. The Balaban J connectivity index is 1.40. The molecule has 0 bridgehead atoms. The minimum Gasteiger partial charge on any atom is -0.374 e. The Morgan fingerprint density at radius 3 is 2.53 bits per heavy atom. The van der Waals surface area contributed by atoms with Crippen LogP contribution in [0.5, 0.6) is 0 Å². The first-order valence-corrected chi connectivity index (χ1v) is 9.24. The Kier molecular flexibility index (Phi) is 5.48. The third-order valence-electron chi connectivity index (χ3n) is 4.60. The molecule has 3 N–H and O–H groups in total. The van der Waals surface area contributed by atoms with E-state index in [1.54, 1.807) is 12.3 Å². The number of aromatic amines is 1. The van der Waals surface area contributed by atoms with Gasteiger partial charge in [-0.25, -0.2) is 9.67 Å². The van der Waals surface area contributed by atoms with Crippen molar-refractivity contribution in [3.8, 4) is 23.1 Å². The molecule has 0 saturated heterocycles. The third kappa shape index (κ3) is 4.17. The topological polar surface area (TPSA) is 120 Å². The number of aliphatic hydroxyl groups is 1. The van der Waals surface area contributed by atoms with Crippen LogP contribution in [0.4, 0.5) is 0 Å². The number of nitriles is 1. The maximum absolute atomic E-state index is 11.7. The number of aliphatic hydroxyl groups excluding tert-OH is 1. The van der Waals surface area contributed by atoms with Crippen molar-refractivity contribution >= 4 is 0 Å². The molecule has 8 heteroatoms. The van der Waals surface area contributed by atoms with Crippen LogP contribution in [-0.2, 0) is 6.54 Å². The van der Waals surface area contributed by atoms with Gasteiger partial charge >= 0.3 is 0 Å². The zero-order valence-corrected chi connectivity index (χ0v) is 15.9. The van der Waals surface area contributed by atoms with Crippen molar-refractivity contribution in [1.82, 2.24) is 25.1 Å². The molecule has 0 spiro atoms. The van der Waals surface area contributed by atoms with Crippen molar-refractivity contribution in [2.45, 2.75) is 12.8 Å². The van der Waals surface area contributed by atoms with Gasteiger partial charge in [0.05, 0.1) is 12.4 Å². The monoisotopic (exact) mass is 398 g/mol. The van der Waals surface area contributed by atoms with Gasteiger partial charge in [-0.15, -0.1) is 0 Å². The normalized spacial score (nSPS) is 11.7. The summed E-state index contributed by atoms with van der Waals surface area (Å²) in [5.41, 5.74) is 3.20. The average Bonchev–Trinajstić information content (AvgIpc) is 3.29. The molecule has 4 rings (SSSR count). The first-order valence-electron chi connectivity index (χ1n) is 9.24. The van der Waals surface area contributed by atoms with Gasteiger partial charge in [-0.3, -0.25) is 15.1 Å². The molecule has 8 nitrogen and oxygen atoms in total. The number of nitrogens with zero attached hydrogens (tertiary/aromatic N) is 4. The average molecular weight is 398 g/mol. The van der Waals surface area contributed by atoms with Crippen LogP contribution in [0.1, 0.15) is 22.9 Å². The summed E-state index contributed by atoms with van der Waals surface area (Å²) in [7, 11) is 0. The van der Waals surface area contributed by atoms with Crippen molar-refractivity contribution in [3.05, 3.63) is 100 Å². The van der Waals surface area contributed by atoms with Gasteiger partial charge in [0.2, 0.25) is 5.95 Å². The van der Waals surface area contributed by atoms with Crippen LogP contribution in [-0.4, -0.2) is 24.9 Å². The van der Waals surface area contributed by atoms with Crippen LogP contribution >= 0.6 is 0 Å². The Labute approximate surface area is 172 Å². The van der Waals surface area contributed by atoms with Crippen molar-refractivity contribution < 1.29 is 5.11 Å². The number of hydrogen-bond donors (Lipinski definition) is 3. The first kappa shape index (κ1) is 19.3. The van der Waals surface area contributed by atoms with E-state index in [1.807, 2.05) is 42.5 Å². The predicted molar refractivity (Wildman–Crippen MR) is 110 cm³/mol. The Morgan fingerprint density at radius 2 is 1.83 bits per heavy atom. The fourth-order valence-corrected chi connectivity index (χ4v) is 2.95. The summed E-state index contributed by atoms with van der Waals surface area (Å²) in [6, 6.07) is 20.0.